The summed E-state index contributed by atoms with van der Waals surface area (Å²) in [5, 5.41) is -0.169. The van der Waals surface area contributed by atoms with Crippen molar-refractivity contribution in [3.8, 4) is 5.69 Å². The highest BCUT2D eigenvalue weighted by Gasteiger charge is 2.21. The lowest BCUT2D eigenvalue weighted by atomic mass is 10.1. The number of benzene rings is 2. The summed E-state index contributed by atoms with van der Waals surface area (Å²) in [5.41, 5.74) is -1.12. The van der Waals surface area contributed by atoms with Gasteiger partial charge in [-0.05, 0) is 30.3 Å². The minimum Gasteiger partial charge on any atom is -0.318 e. The molecule has 148 valence electrons. The lowest BCUT2D eigenvalue weighted by Gasteiger charge is -2.14. The number of imidazole rings is 1. The zero-order valence-electron chi connectivity index (χ0n) is 14.8. The van der Waals surface area contributed by atoms with Crippen LogP contribution in [0.15, 0.2) is 41.5 Å². The van der Waals surface area contributed by atoms with Gasteiger partial charge in [-0.3, -0.25) is 9.36 Å². The van der Waals surface area contributed by atoms with Gasteiger partial charge in [0.25, 0.3) is 5.56 Å². The van der Waals surface area contributed by atoms with Crippen molar-refractivity contribution < 1.29 is 17.6 Å². The minimum absolute atomic E-state index is 0.0215. The first-order valence-corrected chi connectivity index (χ1v) is 8.66. The van der Waals surface area contributed by atoms with Crippen LogP contribution >= 0.6 is 11.6 Å². The number of hydrogen-bond donors (Lipinski definition) is 0. The van der Waals surface area contributed by atoms with Gasteiger partial charge in [-0.1, -0.05) is 11.6 Å². The Balaban J connectivity index is 2.02. The Labute approximate surface area is 165 Å². The molecule has 0 atom stereocenters. The van der Waals surface area contributed by atoms with Crippen molar-refractivity contribution in [1.29, 1.82) is 0 Å². The third-order valence-corrected chi connectivity index (χ3v) is 4.75. The molecule has 2 heterocycles. The van der Waals surface area contributed by atoms with E-state index in [1.54, 1.807) is 7.05 Å². The van der Waals surface area contributed by atoms with Crippen LogP contribution in [0.1, 0.15) is 11.4 Å². The summed E-state index contributed by atoms with van der Waals surface area (Å²) in [6, 6.07) is 5.01. The van der Waals surface area contributed by atoms with Gasteiger partial charge in [-0.2, -0.15) is 0 Å². The zero-order chi connectivity index (χ0) is 20.9. The van der Waals surface area contributed by atoms with E-state index in [0.29, 0.717) is 6.07 Å². The van der Waals surface area contributed by atoms with Crippen molar-refractivity contribution in [2.45, 2.75) is 6.42 Å². The predicted octanol–water partition coefficient (Wildman–Crippen LogP) is 3.92. The summed E-state index contributed by atoms with van der Waals surface area (Å²) in [6.45, 7) is 0. The molecule has 0 unspecified atom stereocenters. The monoisotopic (exact) mass is 422 g/mol. The lowest BCUT2D eigenvalue weighted by Crippen LogP contribution is -2.25. The molecule has 10 heteroatoms. The van der Waals surface area contributed by atoms with Crippen LogP contribution in [0.2, 0.25) is 5.02 Å². The molecule has 0 saturated carbocycles. The molecular weight excluding hydrogens is 412 g/mol. The standard InChI is InChI=1S/C19H11ClF4N4O/c1-27-8-25-17-18(27)26-15(7-10-12(21)4-5-13(22)16(10)24)28(19(17)29)9-2-3-11(20)14(23)6-9/h2-6,8H,7H2,1H3. The van der Waals surface area contributed by atoms with E-state index in [4.69, 9.17) is 11.6 Å². The van der Waals surface area contributed by atoms with Gasteiger partial charge in [0, 0.05) is 19.0 Å². The van der Waals surface area contributed by atoms with Gasteiger partial charge in [-0.15, -0.1) is 0 Å². The normalized spacial score (nSPS) is 11.4. The molecule has 0 radical (unpaired) electrons. The molecule has 0 spiro atoms. The van der Waals surface area contributed by atoms with Crippen LogP contribution in [0.4, 0.5) is 17.6 Å². The maximum atomic E-state index is 14.2. The van der Waals surface area contributed by atoms with E-state index in [-0.39, 0.29) is 27.7 Å². The van der Waals surface area contributed by atoms with Crippen molar-refractivity contribution in [1.82, 2.24) is 19.1 Å². The number of rotatable bonds is 3. The van der Waals surface area contributed by atoms with Crippen LogP contribution < -0.4 is 5.56 Å². The first-order chi connectivity index (χ1) is 13.8. The molecule has 0 aliphatic carbocycles. The second kappa shape index (κ2) is 7.00. The summed E-state index contributed by atoms with van der Waals surface area (Å²) in [5.74, 6) is -4.56. The van der Waals surface area contributed by atoms with E-state index in [2.05, 4.69) is 9.97 Å². The summed E-state index contributed by atoms with van der Waals surface area (Å²) < 4.78 is 58.4. The summed E-state index contributed by atoms with van der Waals surface area (Å²) >= 11 is 5.70. The van der Waals surface area contributed by atoms with Gasteiger partial charge in [0.15, 0.2) is 22.8 Å². The first kappa shape index (κ1) is 19.1. The molecule has 2 aromatic heterocycles. The molecule has 4 aromatic rings. The number of nitrogens with zero attached hydrogens (tertiary/aromatic N) is 4. The van der Waals surface area contributed by atoms with E-state index in [9.17, 15) is 22.4 Å². The maximum Gasteiger partial charge on any atom is 0.286 e. The molecule has 0 N–H and O–H groups in total. The molecule has 0 saturated heterocycles. The van der Waals surface area contributed by atoms with E-state index in [1.807, 2.05) is 0 Å². The van der Waals surface area contributed by atoms with Crippen molar-refractivity contribution in [3.05, 3.63) is 86.7 Å². The van der Waals surface area contributed by atoms with Gasteiger partial charge in [0.2, 0.25) is 0 Å². The van der Waals surface area contributed by atoms with Crippen molar-refractivity contribution >= 4 is 22.8 Å². The van der Waals surface area contributed by atoms with E-state index < -0.39 is 40.8 Å². The molecule has 4 rings (SSSR count). The predicted molar refractivity (Wildman–Crippen MR) is 98.2 cm³/mol. The largest absolute Gasteiger partial charge is 0.318 e. The molecule has 0 fully saturated rings. The Morgan fingerprint density at radius 2 is 1.76 bits per heavy atom. The van der Waals surface area contributed by atoms with E-state index >= 15 is 0 Å². The fraction of sp³-hybridized carbons (Fsp3) is 0.105. The molecule has 2 aromatic carbocycles. The third kappa shape index (κ3) is 3.17. The number of hydrogen-bond acceptors (Lipinski definition) is 3. The number of aromatic nitrogens is 4. The Morgan fingerprint density at radius 3 is 2.48 bits per heavy atom. The molecular formula is C19H11ClF4N4O. The molecule has 0 bridgehead atoms. The maximum absolute atomic E-state index is 14.2. The second-order valence-corrected chi connectivity index (χ2v) is 6.70. The molecule has 0 amide bonds. The summed E-state index contributed by atoms with van der Waals surface area (Å²) in [6.07, 6.45) is 0.787. The zero-order valence-corrected chi connectivity index (χ0v) is 15.5. The number of halogens is 5. The molecule has 5 nitrogen and oxygen atoms in total. The second-order valence-electron chi connectivity index (χ2n) is 6.29. The molecule has 0 aliphatic rings. The van der Waals surface area contributed by atoms with Crippen LogP contribution in [0.25, 0.3) is 16.9 Å². The van der Waals surface area contributed by atoms with Gasteiger partial charge >= 0.3 is 0 Å². The van der Waals surface area contributed by atoms with Crippen LogP contribution in [-0.4, -0.2) is 19.1 Å². The highest BCUT2D eigenvalue weighted by Crippen LogP contribution is 2.23. The minimum atomic E-state index is -1.39. The van der Waals surface area contributed by atoms with Gasteiger partial charge < -0.3 is 4.57 Å². The molecule has 0 aliphatic heterocycles. The number of fused-ring (bicyclic) bond motifs is 1. The van der Waals surface area contributed by atoms with Crippen LogP contribution in [0, 0.1) is 23.3 Å². The van der Waals surface area contributed by atoms with E-state index in [1.165, 1.54) is 23.0 Å². The van der Waals surface area contributed by atoms with Crippen molar-refractivity contribution in [3.63, 3.8) is 0 Å². The van der Waals surface area contributed by atoms with Gasteiger partial charge in [0.1, 0.15) is 17.5 Å². The molecule has 29 heavy (non-hydrogen) atoms. The van der Waals surface area contributed by atoms with Crippen LogP contribution in [0.3, 0.4) is 0 Å². The lowest BCUT2D eigenvalue weighted by molar-refractivity contribution is 0.481. The Hall–Kier alpha value is -3.20. The topological polar surface area (TPSA) is 52.7 Å². The van der Waals surface area contributed by atoms with Crippen molar-refractivity contribution in [2.24, 2.45) is 7.05 Å². The summed E-state index contributed by atoms with van der Waals surface area (Å²) in [4.78, 5) is 21.3. The average molecular weight is 423 g/mol. The fourth-order valence-electron chi connectivity index (χ4n) is 3.00. The quantitative estimate of drug-likeness (QED) is 0.371. The van der Waals surface area contributed by atoms with Gasteiger partial charge in [0.05, 0.1) is 17.0 Å². The Kier molecular flexibility index (Phi) is 4.62. The highest BCUT2D eigenvalue weighted by atomic mass is 35.5. The first-order valence-electron chi connectivity index (χ1n) is 8.28. The highest BCUT2D eigenvalue weighted by molar-refractivity contribution is 6.30. The SMILES string of the molecule is Cn1cnc2c(=O)n(-c3ccc(Cl)c(F)c3)c(Cc3c(F)ccc(F)c3F)nc21. The summed E-state index contributed by atoms with van der Waals surface area (Å²) in [7, 11) is 1.58. The van der Waals surface area contributed by atoms with Crippen LogP contribution in [0.5, 0.6) is 0 Å². The Morgan fingerprint density at radius 1 is 1.03 bits per heavy atom. The van der Waals surface area contributed by atoms with Crippen molar-refractivity contribution in [2.75, 3.05) is 0 Å². The smallest absolute Gasteiger partial charge is 0.286 e. The number of aryl methyl sites for hydroxylation is 1. The van der Waals surface area contributed by atoms with E-state index in [0.717, 1.165) is 16.7 Å². The fourth-order valence-corrected chi connectivity index (χ4v) is 3.12. The Bertz CT molecular complexity index is 1330. The third-order valence-electron chi connectivity index (χ3n) is 4.44. The van der Waals surface area contributed by atoms with Gasteiger partial charge in [-0.25, -0.2) is 27.5 Å². The van der Waals surface area contributed by atoms with Crippen LogP contribution in [-0.2, 0) is 13.5 Å². The average Bonchev–Trinajstić information content (AvgIpc) is 3.06.